The van der Waals surface area contributed by atoms with Crippen molar-refractivity contribution in [2.24, 2.45) is 0 Å². The summed E-state index contributed by atoms with van der Waals surface area (Å²) in [7, 11) is 2.86. The van der Waals surface area contributed by atoms with Gasteiger partial charge < -0.3 is 28.4 Å². The van der Waals surface area contributed by atoms with Gasteiger partial charge in [-0.15, -0.1) is 0 Å². The average molecular weight is 541 g/mol. The lowest BCUT2D eigenvalue weighted by atomic mass is 10.0. The van der Waals surface area contributed by atoms with E-state index < -0.39 is 12.3 Å². The number of Topliss-reactive ketones (excluding diaryl/α,β-unsaturated/α-hetero) is 2. The fraction of sp³-hybridized carbons (Fsp3) is 0.310. The third kappa shape index (κ3) is 10.7. The van der Waals surface area contributed by atoms with E-state index >= 15 is 0 Å². The maximum atomic E-state index is 12.4. The minimum absolute atomic E-state index is 0.0181. The summed E-state index contributed by atoms with van der Waals surface area (Å²) in [6.07, 6.45) is 1.98. The highest BCUT2D eigenvalue weighted by Gasteiger charge is 2.15. The Kier molecular flexibility index (Phi) is 12.8. The lowest BCUT2D eigenvalue weighted by Gasteiger charge is -2.11. The first kappa shape index (κ1) is 30.6. The molecule has 0 heterocycles. The van der Waals surface area contributed by atoms with Crippen LogP contribution < -0.4 is 18.9 Å². The minimum atomic E-state index is -0.888. The van der Waals surface area contributed by atoms with Crippen LogP contribution in [0.4, 0.5) is 9.59 Å². The van der Waals surface area contributed by atoms with E-state index in [1.165, 1.54) is 26.4 Å². The zero-order valence-electron chi connectivity index (χ0n) is 22.1. The molecule has 0 aromatic heterocycles. The van der Waals surface area contributed by atoms with Gasteiger partial charge in [-0.25, -0.2) is 9.59 Å². The number of methoxy groups -OCH3 is 2. The molecule has 0 spiro atoms. The van der Waals surface area contributed by atoms with Gasteiger partial charge in [0.15, 0.2) is 23.0 Å². The normalized spacial score (nSPS) is 10.1. The Bertz CT molecular complexity index is 1090. The van der Waals surface area contributed by atoms with Gasteiger partial charge in [-0.1, -0.05) is 37.4 Å². The highest BCUT2D eigenvalue weighted by atomic mass is 16.7. The lowest BCUT2D eigenvalue weighted by molar-refractivity contribution is -0.126. The molecular weight excluding hydrogens is 508 g/mol. The van der Waals surface area contributed by atoms with Crippen LogP contribution in [-0.2, 0) is 31.9 Å². The molecule has 0 saturated heterocycles. The number of carbonyl (C=O) groups excluding carboxylic acids is 4. The fourth-order valence-corrected chi connectivity index (χ4v) is 3.36. The Hall–Kier alpha value is -4.60. The van der Waals surface area contributed by atoms with Crippen LogP contribution in [0.5, 0.6) is 23.0 Å². The largest absolute Gasteiger partial charge is 0.514 e. The molecule has 0 atom stereocenters. The number of ketones is 2. The van der Waals surface area contributed by atoms with Crippen molar-refractivity contribution in [3.05, 3.63) is 72.8 Å². The van der Waals surface area contributed by atoms with Crippen molar-refractivity contribution >= 4 is 23.9 Å². The number of hydrogen-bond donors (Lipinski definition) is 0. The van der Waals surface area contributed by atoms with Gasteiger partial charge in [-0.3, -0.25) is 9.59 Å². The number of hydrogen-bond acceptors (Lipinski definition) is 10. The predicted molar refractivity (Wildman–Crippen MR) is 142 cm³/mol. The quantitative estimate of drug-likeness (QED) is 0.121. The predicted octanol–water partition coefficient (Wildman–Crippen LogP) is 5.20. The van der Waals surface area contributed by atoms with Crippen LogP contribution in [0.25, 0.3) is 0 Å². The molecule has 2 aromatic rings. The van der Waals surface area contributed by atoms with Gasteiger partial charge in [0.2, 0.25) is 0 Å². The molecule has 0 bridgehead atoms. The van der Waals surface area contributed by atoms with E-state index in [0.29, 0.717) is 24.3 Å². The van der Waals surface area contributed by atoms with Gasteiger partial charge in [0.05, 0.1) is 20.6 Å². The molecule has 10 heteroatoms. The van der Waals surface area contributed by atoms with E-state index in [0.717, 1.165) is 11.1 Å². The molecule has 2 aromatic carbocycles. The molecule has 0 amide bonds. The van der Waals surface area contributed by atoms with Crippen molar-refractivity contribution in [3.63, 3.8) is 0 Å². The Labute approximate surface area is 227 Å². The second-order valence-electron chi connectivity index (χ2n) is 8.13. The average Bonchev–Trinajstić information content (AvgIpc) is 2.93. The van der Waals surface area contributed by atoms with E-state index in [2.05, 4.69) is 13.2 Å². The molecule has 0 N–H and O–H groups in total. The number of ether oxygens (including phenoxy) is 6. The zero-order valence-corrected chi connectivity index (χ0v) is 22.1. The third-order valence-electron chi connectivity index (χ3n) is 5.26. The Morgan fingerprint density at radius 2 is 1.08 bits per heavy atom. The molecule has 0 aliphatic heterocycles. The third-order valence-corrected chi connectivity index (χ3v) is 5.26. The SMILES string of the molecule is C=CCOC(=O)Oc1ccc(CCC(=O)CC(=O)CCc2ccc(OC(=O)OCC=C)c(OC)c2)cc1OC. The number of benzene rings is 2. The summed E-state index contributed by atoms with van der Waals surface area (Å²) < 4.78 is 30.3. The maximum Gasteiger partial charge on any atom is 0.514 e. The molecule has 0 unspecified atom stereocenters. The Morgan fingerprint density at radius 3 is 1.44 bits per heavy atom. The van der Waals surface area contributed by atoms with Crippen LogP contribution in [0.15, 0.2) is 61.7 Å². The summed E-state index contributed by atoms with van der Waals surface area (Å²) in [5.74, 6) is 0.610. The topological polar surface area (TPSA) is 124 Å². The molecule has 2 rings (SSSR count). The summed E-state index contributed by atoms with van der Waals surface area (Å²) in [5, 5.41) is 0. The fourth-order valence-electron chi connectivity index (χ4n) is 3.36. The van der Waals surface area contributed by atoms with Crippen LogP contribution in [0.2, 0.25) is 0 Å². The molecule has 208 valence electrons. The van der Waals surface area contributed by atoms with E-state index in [1.807, 2.05) is 0 Å². The van der Waals surface area contributed by atoms with Crippen LogP contribution in [0, 0.1) is 0 Å². The van der Waals surface area contributed by atoms with Gasteiger partial charge in [-0.05, 0) is 48.2 Å². The first-order valence-corrected chi connectivity index (χ1v) is 12.1. The number of carbonyl (C=O) groups is 4. The summed E-state index contributed by atoms with van der Waals surface area (Å²) in [5.41, 5.74) is 1.56. The smallest absolute Gasteiger partial charge is 0.493 e. The van der Waals surface area contributed by atoms with E-state index in [-0.39, 0.29) is 55.5 Å². The van der Waals surface area contributed by atoms with Crippen LogP contribution in [-0.4, -0.2) is 51.3 Å². The standard InChI is InChI=1S/C29H32O10/c1-5-15-36-28(32)38-24-13-9-20(17-26(24)34-3)7-11-22(30)19-23(31)12-8-21-10-14-25(27(18-21)35-4)39-29(33)37-16-6-2/h5-6,9-10,13-14,17-18H,1-2,7-8,11-12,15-16,19H2,3-4H3. The lowest BCUT2D eigenvalue weighted by Crippen LogP contribution is -2.12. The summed E-state index contributed by atoms with van der Waals surface area (Å²) in [6, 6.07) is 9.82. The van der Waals surface area contributed by atoms with Crippen LogP contribution >= 0.6 is 0 Å². The molecule has 10 nitrogen and oxygen atoms in total. The monoisotopic (exact) mass is 540 g/mol. The van der Waals surface area contributed by atoms with Crippen molar-refractivity contribution in [2.75, 3.05) is 27.4 Å². The highest BCUT2D eigenvalue weighted by molar-refractivity contribution is 5.99. The van der Waals surface area contributed by atoms with Crippen LogP contribution in [0.1, 0.15) is 30.4 Å². The van der Waals surface area contributed by atoms with E-state index in [1.54, 1.807) is 36.4 Å². The second-order valence-corrected chi connectivity index (χ2v) is 8.13. The second kappa shape index (κ2) is 16.3. The highest BCUT2D eigenvalue weighted by Crippen LogP contribution is 2.30. The number of aryl methyl sites for hydroxylation is 2. The molecule has 0 aliphatic carbocycles. The number of rotatable bonds is 16. The zero-order chi connectivity index (χ0) is 28.6. The van der Waals surface area contributed by atoms with Gasteiger partial charge in [0.25, 0.3) is 0 Å². The van der Waals surface area contributed by atoms with E-state index in [4.69, 9.17) is 28.4 Å². The van der Waals surface area contributed by atoms with Crippen molar-refractivity contribution in [3.8, 4) is 23.0 Å². The van der Waals surface area contributed by atoms with Crippen molar-refractivity contribution in [2.45, 2.75) is 32.1 Å². The molecular formula is C29H32O10. The maximum absolute atomic E-state index is 12.4. The first-order valence-electron chi connectivity index (χ1n) is 12.1. The van der Waals surface area contributed by atoms with Gasteiger partial charge in [0, 0.05) is 12.8 Å². The molecule has 0 fully saturated rings. The van der Waals surface area contributed by atoms with Gasteiger partial charge in [-0.2, -0.15) is 0 Å². The first-order chi connectivity index (χ1) is 18.8. The Morgan fingerprint density at radius 1 is 0.667 bits per heavy atom. The van der Waals surface area contributed by atoms with Crippen molar-refractivity contribution < 1.29 is 47.6 Å². The van der Waals surface area contributed by atoms with Crippen LogP contribution in [0.3, 0.4) is 0 Å². The van der Waals surface area contributed by atoms with E-state index in [9.17, 15) is 19.2 Å². The summed E-state index contributed by atoms with van der Waals surface area (Å²) in [4.78, 5) is 48.1. The van der Waals surface area contributed by atoms with Gasteiger partial charge in [0.1, 0.15) is 24.8 Å². The van der Waals surface area contributed by atoms with Crippen molar-refractivity contribution in [1.82, 2.24) is 0 Å². The molecule has 0 saturated carbocycles. The molecule has 0 radical (unpaired) electrons. The molecule has 0 aliphatic rings. The Balaban J connectivity index is 1.83. The summed E-state index contributed by atoms with van der Waals surface area (Å²) >= 11 is 0. The molecule has 39 heavy (non-hydrogen) atoms. The van der Waals surface area contributed by atoms with Crippen molar-refractivity contribution in [1.29, 1.82) is 0 Å². The van der Waals surface area contributed by atoms with Gasteiger partial charge >= 0.3 is 12.3 Å². The summed E-state index contributed by atoms with van der Waals surface area (Å²) in [6.45, 7) is 6.95. The minimum Gasteiger partial charge on any atom is -0.493 e.